The fourth-order valence-corrected chi connectivity index (χ4v) is 4.13. The number of nitrogens with zero attached hydrogens (tertiary/aromatic N) is 1. The van der Waals surface area contributed by atoms with E-state index in [9.17, 15) is 14.4 Å². The van der Waals surface area contributed by atoms with Gasteiger partial charge in [-0.15, -0.1) is 0 Å². The van der Waals surface area contributed by atoms with Gasteiger partial charge in [0.15, 0.2) is 0 Å². The number of carbonyl (C=O) groups is 3. The molecule has 2 amide bonds. The second-order valence-corrected chi connectivity index (χ2v) is 6.39. The maximum atomic E-state index is 12.5. The number of hydrogen-bond acceptors (Lipinski definition) is 3. The standard InChI is InChI=1S/C15H21NO4/c17-13-11-3-1-2-4-12(11)14(18)16(13)10-7-5-9(6-8-10)15(19)20/h9-12H,1-8H2,(H,19,20)/t9?,10?,11-,12-/m1/s1. The highest BCUT2D eigenvalue weighted by Gasteiger charge is 2.50. The molecule has 5 heteroatoms. The van der Waals surface area contributed by atoms with E-state index < -0.39 is 5.97 Å². The number of hydrogen-bond donors (Lipinski definition) is 1. The van der Waals surface area contributed by atoms with Crippen molar-refractivity contribution in [3.63, 3.8) is 0 Å². The molecule has 3 fully saturated rings. The van der Waals surface area contributed by atoms with Crippen LogP contribution < -0.4 is 0 Å². The van der Waals surface area contributed by atoms with Crippen molar-refractivity contribution in [1.82, 2.24) is 4.90 Å². The predicted molar refractivity (Wildman–Crippen MR) is 70.7 cm³/mol. The first-order valence-electron chi connectivity index (χ1n) is 7.69. The van der Waals surface area contributed by atoms with Gasteiger partial charge < -0.3 is 5.11 Å². The van der Waals surface area contributed by atoms with E-state index >= 15 is 0 Å². The fourth-order valence-electron chi connectivity index (χ4n) is 4.13. The van der Waals surface area contributed by atoms with Gasteiger partial charge in [-0.3, -0.25) is 19.3 Å². The molecule has 1 saturated heterocycles. The topological polar surface area (TPSA) is 74.7 Å². The van der Waals surface area contributed by atoms with Gasteiger partial charge in [0.25, 0.3) is 0 Å². The lowest BCUT2D eigenvalue weighted by Crippen LogP contribution is -2.43. The minimum atomic E-state index is -0.754. The second kappa shape index (κ2) is 5.19. The second-order valence-electron chi connectivity index (χ2n) is 6.39. The Bertz CT molecular complexity index is 415. The van der Waals surface area contributed by atoms with Gasteiger partial charge in [-0.25, -0.2) is 0 Å². The van der Waals surface area contributed by atoms with Crippen LogP contribution in [0.15, 0.2) is 0 Å². The summed E-state index contributed by atoms with van der Waals surface area (Å²) in [6.07, 6.45) is 6.21. The van der Waals surface area contributed by atoms with Crippen molar-refractivity contribution in [1.29, 1.82) is 0 Å². The summed E-state index contributed by atoms with van der Waals surface area (Å²) in [7, 11) is 0. The number of carbonyl (C=O) groups excluding carboxylic acids is 2. The Morgan fingerprint density at radius 1 is 0.900 bits per heavy atom. The Balaban J connectivity index is 1.70. The van der Waals surface area contributed by atoms with Crippen LogP contribution in [0.2, 0.25) is 0 Å². The van der Waals surface area contributed by atoms with Crippen LogP contribution in [0.25, 0.3) is 0 Å². The lowest BCUT2D eigenvalue weighted by atomic mass is 9.81. The predicted octanol–water partition coefficient (Wildman–Crippen LogP) is 1.80. The molecule has 0 bridgehead atoms. The molecule has 20 heavy (non-hydrogen) atoms. The van der Waals surface area contributed by atoms with Crippen LogP contribution >= 0.6 is 0 Å². The molecule has 0 aromatic heterocycles. The smallest absolute Gasteiger partial charge is 0.306 e. The van der Waals surface area contributed by atoms with Crippen molar-refractivity contribution in [2.75, 3.05) is 0 Å². The van der Waals surface area contributed by atoms with E-state index in [1.54, 1.807) is 0 Å². The molecule has 2 atom stereocenters. The van der Waals surface area contributed by atoms with E-state index in [-0.39, 0.29) is 35.6 Å². The van der Waals surface area contributed by atoms with Gasteiger partial charge in [0.2, 0.25) is 11.8 Å². The zero-order valence-electron chi connectivity index (χ0n) is 11.6. The van der Waals surface area contributed by atoms with Crippen molar-refractivity contribution in [3.05, 3.63) is 0 Å². The van der Waals surface area contributed by atoms with Crippen LogP contribution in [0, 0.1) is 17.8 Å². The molecule has 3 rings (SSSR count). The first-order valence-corrected chi connectivity index (χ1v) is 7.69. The van der Waals surface area contributed by atoms with Crippen LogP contribution in [0.3, 0.4) is 0 Å². The normalized spacial score (nSPS) is 37.9. The fraction of sp³-hybridized carbons (Fsp3) is 0.800. The van der Waals surface area contributed by atoms with E-state index in [0.717, 1.165) is 25.7 Å². The van der Waals surface area contributed by atoms with Crippen LogP contribution in [-0.2, 0) is 14.4 Å². The molecule has 5 nitrogen and oxygen atoms in total. The van der Waals surface area contributed by atoms with E-state index in [2.05, 4.69) is 0 Å². The Morgan fingerprint density at radius 2 is 1.40 bits per heavy atom. The third-order valence-corrected chi connectivity index (χ3v) is 5.29. The van der Waals surface area contributed by atoms with Crippen molar-refractivity contribution in [2.45, 2.75) is 57.4 Å². The Hall–Kier alpha value is -1.39. The zero-order chi connectivity index (χ0) is 14.3. The molecule has 0 spiro atoms. The first-order chi connectivity index (χ1) is 9.59. The van der Waals surface area contributed by atoms with Gasteiger partial charge in [0, 0.05) is 6.04 Å². The lowest BCUT2D eigenvalue weighted by Gasteiger charge is -2.32. The molecule has 2 aliphatic carbocycles. The van der Waals surface area contributed by atoms with Crippen LogP contribution in [0.1, 0.15) is 51.4 Å². The summed E-state index contributed by atoms with van der Waals surface area (Å²) >= 11 is 0. The highest BCUT2D eigenvalue weighted by Crippen LogP contribution is 2.41. The maximum Gasteiger partial charge on any atom is 0.306 e. The molecular formula is C15H21NO4. The Labute approximate surface area is 118 Å². The molecule has 0 unspecified atom stereocenters. The zero-order valence-corrected chi connectivity index (χ0v) is 11.6. The molecule has 1 N–H and O–H groups in total. The third kappa shape index (κ3) is 2.13. The molecule has 2 saturated carbocycles. The minimum Gasteiger partial charge on any atom is -0.481 e. The monoisotopic (exact) mass is 279 g/mol. The summed E-state index contributed by atoms with van der Waals surface area (Å²) in [5, 5.41) is 9.01. The average molecular weight is 279 g/mol. The van der Waals surface area contributed by atoms with Crippen LogP contribution in [-0.4, -0.2) is 33.8 Å². The molecule has 0 aromatic rings. The number of rotatable bonds is 2. The van der Waals surface area contributed by atoms with Crippen molar-refractivity contribution < 1.29 is 19.5 Å². The summed E-state index contributed by atoms with van der Waals surface area (Å²) in [6.45, 7) is 0. The quantitative estimate of drug-likeness (QED) is 0.782. The first kappa shape index (κ1) is 13.6. The summed E-state index contributed by atoms with van der Waals surface area (Å²) in [6, 6.07) is -0.0591. The molecule has 1 aliphatic heterocycles. The van der Waals surface area contributed by atoms with Crippen molar-refractivity contribution in [3.8, 4) is 0 Å². The van der Waals surface area contributed by atoms with Crippen molar-refractivity contribution in [2.24, 2.45) is 17.8 Å². The Morgan fingerprint density at radius 3 is 1.85 bits per heavy atom. The van der Waals surface area contributed by atoms with Gasteiger partial charge in [-0.05, 0) is 38.5 Å². The number of amides is 2. The summed E-state index contributed by atoms with van der Waals surface area (Å²) in [4.78, 5) is 37.4. The number of carboxylic acid groups (broad SMARTS) is 1. The van der Waals surface area contributed by atoms with Gasteiger partial charge in [0.1, 0.15) is 0 Å². The van der Waals surface area contributed by atoms with Gasteiger partial charge in [0.05, 0.1) is 17.8 Å². The SMILES string of the molecule is O=C(O)C1CCC(N2C(=O)[C@@H]3CCCC[C@H]3C2=O)CC1. The van der Waals surface area contributed by atoms with Crippen LogP contribution in [0.4, 0.5) is 0 Å². The average Bonchev–Trinajstić information content (AvgIpc) is 2.72. The highest BCUT2D eigenvalue weighted by atomic mass is 16.4. The number of likely N-dealkylation sites (tertiary alicyclic amines) is 1. The number of carboxylic acids is 1. The van der Waals surface area contributed by atoms with Crippen LogP contribution in [0.5, 0.6) is 0 Å². The molecule has 0 radical (unpaired) electrons. The van der Waals surface area contributed by atoms with E-state index in [0.29, 0.717) is 25.7 Å². The van der Waals surface area contributed by atoms with Gasteiger partial charge in [-0.1, -0.05) is 12.8 Å². The highest BCUT2D eigenvalue weighted by molar-refractivity contribution is 6.05. The third-order valence-electron chi connectivity index (χ3n) is 5.29. The summed E-state index contributed by atoms with van der Waals surface area (Å²) < 4.78 is 0. The summed E-state index contributed by atoms with van der Waals surface area (Å²) in [5.41, 5.74) is 0. The van der Waals surface area contributed by atoms with Crippen molar-refractivity contribution >= 4 is 17.8 Å². The number of fused-ring (bicyclic) bond motifs is 1. The number of aliphatic carboxylic acids is 1. The number of imide groups is 1. The van der Waals surface area contributed by atoms with E-state index in [1.807, 2.05) is 0 Å². The van der Waals surface area contributed by atoms with Gasteiger partial charge >= 0.3 is 5.97 Å². The van der Waals surface area contributed by atoms with E-state index in [4.69, 9.17) is 5.11 Å². The lowest BCUT2D eigenvalue weighted by molar-refractivity contribution is -0.145. The largest absolute Gasteiger partial charge is 0.481 e. The molecule has 0 aromatic carbocycles. The molecule has 110 valence electrons. The van der Waals surface area contributed by atoms with E-state index in [1.165, 1.54) is 4.90 Å². The van der Waals surface area contributed by atoms with Gasteiger partial charge in [-0.2, -0.15) is 0 Å². The maximum absolute atomic E-state index is 12.5. The summed E-state index contributed by atoms with van der Waals surface area (Å²) in [5.74, 6) is -1.21. The Kier molecular flexibility index (Phi) is 3.52. The molecule has 3 aliphatic rings. The minimum absolute atomic E-state index is 0.0125. The molecular weight excluding hydrogens is 258 g/mol. The molecule has 1 heterocycles.